The molecule has 0 aliphatic carbocycles. The van der Waals surface area contributed by atoms with Gasteiger partial charge in [0.25, 0.3) is 0 Å². The number of aromatic amines is 1. The second kappa shape index (κ2) is 4.51. The first-order valence-corrected chi connectivity index (χ1v) is 7.42. The minimum Gasteiger partial charge on any atom is -0.360 e. The van der Waals surface area contributed by atoms with Crippen LogP contribution in [-0.4, -0.2) is 13.4 Å². The van der Waals surface area contributed by atoms with Crippen molar-refractivity contribution in [2.75, 3.05) is 0 Å². The zero-order valence-corrected chi connectivity index (χ0v) is 11.2. The molecule has 0 saturated heterocycles. The summed E-state index contributed by atoms with van der Waals surface area (Å²) in [5.74, 6) is 0. The van der Waals surface area contributed by atoms with E-state index in [1.807, 2.05) is 6.07 Å². The molecule has 1 aromatic heterocycles. The molecule has 0 aliphatic rings. The molecular weight excluding hydrogens is 272 g/mol. The number of hydrogen-bond donors (Lipinski definition) is 1. The van der Waals surface area contributed by atoms with E-state index in [4.69, 9.17) is 5.26 Å². The van der Waals surface area contributed by atoms with Crippen LogP contribution in [0.25, 0.3) is 10.9 Å². The highest BCUT2D eigenvalue weighted by Crippen LogP contribution is 2.28. The number of nitrogens with one attached hydrogen (secondary N) is 1. The van der Waals surface area contributed by atoms with Crippen molar-refractivity contribution in [1.29, 1.82) is 5.26 Å². The number of hydrogen-bond acceptors (Lipinski definition) is 3. The number of nitrogens with zero attached hydrogens (tertiary/aromatic N) is 1. The predicted molar refractivity (Wildman–Crippen MR) is 74.9 cm³/mol. The van der Waals surface area contributed by atoms with Gasteiger partial charge in [0.15, 0.2) is 0 Å². The van der Waals surface area contributed by atoms with Gasteiger partial charge < -0.3 is 4.98 Å². The number of rotatable bonds is 2. The Kier molecular flexibility index (Phi) is 2.81. The van der Waals surface area contributed by atoms with Crippen LogP contribution < -0.4 is 0 Å². The second-order valence-corrected chi connectivity index (χ2v) is 6.26. The lowest BCUT2D eigenvalue weighted by atomic mass is 10.2. The Hall–Kier alpha value is -2.58. The highest BCUT2D eigenvalue weighted by Gasteiger charge is 2.21. The first-order valence-electron chi connectivity index (χ1n) is 5.94. The van der Waals surface area contributed by atoms with E-state index in [0.717, 1.165) is 0 Å². The van der Waals surface area contributed by atoms with Crippen molar-refractivity contribution in [1.82, 2.24) is 4.98 Å². The summed E-state index contributed by atoms with van der Waals surface area (Å²) in [6.07, 6.45) is 1.47. The van der Waals surface area contributed by atoms with Crippen LogP contribution in [0, 0.1) is 11.3 Å². The third-order valence-corrected chi connectivity index (χ3v) is 4.93. The van der Waals surface area contributed by atoms with Gasteiger partial charge >= 0.3 is 0 Å². The topological polar surface area (TPSA) is 73.7 Å². The molecule has 1 N–H and O–H groups in total. The maximum atomic E-state index is 12.6. The maximum Gasteiger partial charge on any atom is 0.208 e. The molecule has 98 valence electrons. The van der Waals surface area contributed by atoms with Crippen LogP contribution in [0.4, 0.5) is 0 Å². The highest BCUT2D eigenvalue weighted by molar-refractivity contribution is 7.91. The zero-order chi connectivity index (χ0) is 14.2. The highest BCUT2D eigenvalue weighted by atomic mass is 32.2. The van der Waals surface area contributed by atoms with Crippen molar-refractivity contribution < 1.29 is 8.42 Å². The van der Waals surface area contributed by atoms with Crippen molar-refractivity contribution in [3.05, 3.63) is 60.3 Å². The van der Waals surface area contributed by atoms with E-state index < -0.39 is 9.84 Å². The summed E-state index contributed by atoms with van der Waals surface area (Å²) < 4.78 is 25.2. The minimum atomic E-state index is -3.59. The Balaban J connectivity index is 2.28. The summed E-state index contributed by atoms with van der Waals surface area (Å²) in [6.45, 7) is 0. The van der Waals surface area contributed by atoms with E-state index in [1.165, 1.54) is 6.20 Å². The summed E-state index contributed by atoms with van der Waals surface area (Å²) >= 11 is 0. The smallest absolute Gasteiger partial charge is 0.208 e. The van der Waals surface area contributed by atoms with Gasteiger partial charge in [-0.05, 0) is 30.3 Å². The summed E-state index contributed by atoms with van der Waals surface area (Å²) in [4.78, 5) is 3.36. The minimum absolute atomic E-state index is 0.191. The molecule has 0 fully saturated rings. The molecule has 3 aromatic rings. The van der Waals surface area contributed by atoms with Crippen LogP contribution in [0.2, 0.25) is 0 Å². The van der Waals surface area contributed by atoms with Crippen molar-refractivity contribution in [2.24, 2.45) is 0 Å². The lowest BCUT2D eigenvalue weighted by molar-refractivity contribution is 0.597. The van der Waals surface area contributed by atoms with Crippen LogP contribution in [0.15, 0.2) is 64.5 Å². The van der Waals surface area contributed by atoms with E-state index in [-0.39, 0.29) is 9.79 Å². The lowest BCUT2D eigenvalue weighted by Crippen LogP contribution is -2.00. The molecule has 20 heavy (non-hydrogen) atoms. The monoisotopic (exact) mass is 282 g/mol. The van der Waals surface area contributed by atoms with E-state index in [9.17, 15) is 8.42 Å². The standard InChI is InChI=1S/C15H10N2O2S/c16-9-11-6-7-14-13(8-11)15(10-17-14)20(18,19)12-4-2-1-3-5-12/h1-8,10,17H. The number of nitriles is 1. The van der Waals surface area contributed by atoms with Gasteiger partial charge in [-0.2, -0.15) is 5.26 Å². The molecule has 0 amide bonds. The average molecular weight is 282 g/mol. The Morgan fingerprint density at radius 2 is 1.80 bits per heavy atom. The molecule has 0 spiro atoms. The summed E-state index contributed by atoms with van der Waals surface area (Å²) in [5.41, 5.74) is 1.13. The normalized spacial score (nSPS) is 11.3. The van der Waals surface area contributed by atoms with Crippen molar-refractivity contribution in [3.63, 3.8) is 0 Å². The fourth-order valence-electron chi connectivity index (χ4n) is 2.11. The predicted octanol–water partition coefficient (Wildman–Crippen LogP) is 2.87. The third-order valence-electron chi connectivity index (χ3n) is 3.12. The Morgan fingerprint density at radius 1 is 1.05 bits per heavy atom. The number of fused-ring (bicyclic) bond motifs is 1. The molecule has 0 aliphatic heterocycles. The first-order chi connectivity index (χ1) is 9.63. The Labute approximate surface area is 116 Å². The molecule has 2 aromatic carbocycles. The van der Waals surface area contributed by atoms with E-state index >= 15 is 0 Å². The van der Waals surface area contributed by atoms with E-state index in [2.05, 4.69) is 4.98 Å². The summed E-state index contributed by atoms with van der Waals surface area (Å²) in [7, 11) is -3.59. The Morgan fingerprint density at radius 3 is 2.50 bits per heavy atom. The molecule has 3 rings (SSSR count). The average Bonchev–Trinajstić information content (AvgIpc) is 2.91. The quantitative estimate of drug-likeness (QED) is 0.785. The van der Waals surface area contributed by atoms with Gasteiger partial charge in [-0.3, -0.25) is 0 Å². The van der Waals surface area contributed by atoms with E-state index in [1.54, 1.807) is 48.5 Å². The maximum absolute atomic E-state index is 12.6. The SMILES string of the molecule is N#Cc1ccc2[nH]cc(S(=O)(=O)c3ccccc3)c2c1. The molecule has 0 radical (unpaired) electrons. The summed E-state index contributed by atoms with van der Waals surface area (Å²) in [6, 6.07) is 15.2. The lowest BCUT2D eigenvalue weighted by Gasteiger charge is -2.02. The van der Waals surface area contributed by atoms with Gasteiger partial charge in [0.2, 0.25) is 9.84 Å². The van der Waals surface area contributed by atoms with Crippen LogP contribution >= 0.6 is 0 Å². The van der Waals surface area contributed by atoms with Crippen molar-refractivity contribution >= 4 is 20.7 Å². The fourth-order valence-corrected chi connectivity index (χ4v) is 3.56. The van der Waals surface area contributed by atoms with Gasteiger partial charge in [-0.15, -0.1) is 0 Å². The van der Waals surface area contributed by atoms with E-state index in [0.29, 0.717) is 16.5 Å². The molecular formula is C15H10N2O2S. The number of benzene rings is 2. The molecule has 0 bridgehead atoms. The first kappa shape index (κ1) is 12.5. The zero-order valence-electron chi connectivity index (χ0n) is 10.4. The van der Waals surface area contributed by atoms with Crippen molar-refractivity contribution in [2.45, 2.75) is 9.79 Å². The molecule has 0 saturated carbocycles. The second-order valence-electron chi connectivity index (χ2n) is 4.34. The van der Waals surface area contributed by atoms with Gasteiger partial charge in [0.05, 0.1) is 21.4 Å². The van der Waals surface area contributed by atoms with Crippen LogP contribution in [-0.2, 0) is 9.84 Å². The van der Waals surface area contributed by atoms with Crippen molar-refractivity contribution in [3.8, 4) is 6.07 Å². The number of H-pyrrole nitrogens is 1. The molecule has 0 unspecified atom stereocenters. The van der Waals surface area contributed by atoms with Gasteiger partial charge in [-0.1, -0.05) is 18.2 Å². The van der Waals surface area contributed by atoms with Gasteiger partial charge in [0, 0.05) is 17.1 Å². The van der Waals surface area contributed by atoms with Crippen LogP contribution in [0.3, 0.4) is 0 Å². The number of sulfone groups is 1. The largest absolute Gasteiger partial charge is 0.360 e. The molecule has 4 nitrogen and oxygen atoms in total. The molecule has 0 atom stereocenters. The Bertz CT molecular complexity index is 919. The molecule has 5 heteroatoms. The third kappa shape index (κ3) is 1.87. The fraction of sp³-hybridized carbons (Fsp3) is 0. The molecule has 1 heterocycles. The van der Waals surface area contributed by atoms with Gasteiger partial charge in [-0.25, -0.2) is 8.42 Å². The van der Waals surface area contributed by atoms with Gasteiger partial charge in [0.1, 0.15) is 0 Å². The van der Waals surface area contributed by atoms with Crippen LogP contribution in [0.5, 0.6) is 0 Å². The number of aromatic nitrogens is 1. The van der Waals surface area contributed by atoms with Crippen LogP contribution in [0.1, 0.15) is 5.56 Å². The summed E-state index contributed by atoms with van der Waals surface area (Å²) in [5, 5.41) is 9.47.